The topological polar surface area (TPSA) is 46.5 Å². The summed E-state index contributed by atoms with van der Waals surface area (Å²) in [5.41, 5.74) is 0.776. The molecule has 118 valence electrons. The summed E-state index contributed by atoms with van der Waals surface area (Å²) in [4.78, 5) is 12.2. The molecule has 0 unspecified atom stereocenters. The molecule has 2 rings (SSSR count). The highest BCUT2D eigenvalue weighted by Crippen LogP contribution is 2.31. The van der Waals surface area contributed by atoms with Gasteiger partial charge in [-0.3, -0.25) is 4.79 Å². The average Bonchev–Trinajstić information content (AvgIpc) is 2.54. The highest BCUT2D eigenvalue weighted by Gasteiger charge is 2.13. The SMILES string of the molecule is C=CCOc1ccccc1/C=C/C(=O)c1cc(Cl)cc(Cl)c1O. The van der Waals surface area contributed by atoms with Crippen molar-refractivity contribution in [2.75, 3.05) is 6.61 Å². The first-order chi connectivity index (χ1) is 11.0. The summed E-state index contributed by atoms with van der Waals surface area (Å²) in [6.07, 6.45) is 4.57. The molecule has 0 amide bonds. The quantitative estimate of drug-likeness (QED) is 0.445. The number of rotatable bonds is 6. The smallest absolute Gasteiger partial charge is 0.189 e. The van der Waals surface area contributed by atoms with Crippen LogP contribution in [0.5, 0.6) is 11.5 Å². The zero-order valence-corrected chi connectivity index (χ0v) is 13.6. The number of carbonyl (C=O) groups is 1. The Balaban J connectivity index is 2.27. The molecule has 0 bridgehead atoms. The summed E-state index contributed by atoms with van der Waals surface area (Å²) < 4.78 is 5.51. The molecule has 3 nitrogen and oxygen atoms in total. The van der Waals surface area contributed by atoms with Gasteiger partial charge in [-0.25, -0.2) is 0 Å². The second kappa shape index (κ2) is 7.86. The van der Waals surface area contributed by atoms with Crippen LogP contribution in [0.4, 0.5) is 0 Å². The number of allylic oxidation sites excluding steroid dienone is 1. The number of halogens is 2. The van der Waals surface area contributed by atoms with Crippen molar-refractivity contribution in [1.29, 1.82) is 0 Å². The van der Waals surface area contributed by atoms with Gasteiger partial charge in [-0.1, -0.05) is 54.1 Å². The number of ether oxygens (including phenoxy) is 1. The number of para-hydroxylation sites is 1. The standard InChI is InChI=1S/C18H14Cl2O3/c1-2-9-23-17-6-4-3-5-12(17)7-8-16(21)14-10-13(19)11-15(20)18(14)22/h2-8,10-11,22H,1,9H2/b8-7+. The fourth-order valence-electron chi connectivity index (χ4n) is 1.91. The van der Waals surface area contributed by atoms with Gasteiger partial charge in [0.25, 0.3) is 0 Å². The van der Waals surface area contributed by atoms with Gasteiger partial charge < -0.3 is 9.84 Å². The van der Waals surface area contributed by atoms with Crippen molar-refractivity contribution in [3.8, 4) is 11.5 Å². The zero-order chi connectivity index (χ0) is 16.8. The first kappa shape index (κ1) is 17.1. The molecule has 0 aromatic heterocycles. The highest BCUT2D eigenvalue weighted by atomic mass is 35.5. The summed E-state index contributed by atoms with van der Waals surface area (Å²) in [5, 5.41) is 10.2. The predicted molar refractivity (Wildman–Crippen MR) is 93.6 cm³/mol. The molecule has 0 radical (unpaired) electrons. The molecule has 23 heavy (non-hydrogen) atoms. The van der Waals surface area contributed by atoms with E-state index in [0.717, 1.165) is 5.56 Å². The monoisotopic (exact) mass is 348 g/mol. The van der Waals surface area contributed by atoms with E-state index in [-0.39, 0.29) is 21.4 Å². The van der Waals surface area contributed by atoms with E-state index in [9.17, 15) is 9.90 Å². The molecule has 0 aliphatic heterocycles. The van der Waals surface area contributed by atoms with Crippen molar-refractivity contribution >= 4 is 35.1 Å². The van der Waals surface area contributed by atoms with E-state index < -0.39 is 5.78 Å². The Hall–Kier alpha value is -2.23. The number of phenolic OH excluding ortho intramolecular Hbond substituents is 1. The number of carbonyl (C=O) groups excluding carboxylic acids is 1. The minimum Gasteiger partial charge on any atom is -0.506 e. The van der Waals surface area contributed by atoms with Crippen LogP contribution in [0, 0.1) is 0 Å². The summed E-state index contributed by atoms with van der Waals surface area (Å²) in [6, 6.07) is 10.0. The maximum atomic E-state index is 12.2. The molecule has 0 aliphatic carbocycles. The summed E-state index contributed by atoms with van der Waals surface area (Å²) in [5.74, 6) is -0.0721. The van der Waals surface area contributed by atoms with Gasteiger partial charge >= 0.3 is 0 Å². The van der Waals surface area contributed by atoms with Gasteiger partial charge in [-0.05, 0) is 30.4 Å². The van der Waals surface area contributed by atoms with Crippen molar-refractivity contribution < 1.29 is 14.6 Å². The van der Waals surface area contributed by atoms with E-state index in [1.165, 1.54) is 18.2 Å². The van der Waals surface area contributed by atoms with Crippen LogP contribution in [0.2, 0.25) is 10.0 Å². The molecule has 0 fully saturated rings. The van der Waals surface area contributed by atoms with Gasteiger partial charge in [0, 0.05) is 10.6 Å². The van der Waals surface area contributed by atoms with E-state index in [2.05, 4.69) is 6.58 Å². The van der Waals surface area contributed by atoms with Crippen molar-refractivity contribution in [2.24, 2.45) is 0 Å². The molecule has 0 spiro atoms. The van der Waals surface area contributed by atoms with E-state index in [0.29, 0.717) is 12.4 Å². The molecule has 1 N–H and O–H groups in total. The largest absolute Gasteiger partial charge is 0.506 e. The number of hydrogen-bond acceptors (Lipinski definition) is 3. The molecule has 2 aromatic carbocycles. The first-order valence-electron chi connectivity index (χ1n) is 6.76. The third-order valence-electron chi connectivity index (χ3n) is 2.98. The molecular formula is C18H14Cl2O3. The maximum Gasteiger partial charge on any atom is 0.189 e. The summed E-state index contributed by atoms with van der Waals surface area (Å²) >= 11 is 11.7. The molecule has 0 atom stereocenters. The summed E-state index contributed by atoms with van der Waals surface area (Å²) in [6.45, 7) is 3.96. The average molecular weight is 349 g/mol. The molecule has 0 heterocycles. The number of ketones is 1. The number of phenols is 1. The van der Waals surface area contributed by atoms with Crippen LogP contribution in [-0.4, -0.2) is 17.5 Å². The third-order valence-corrected chi connectivity index (χ3v) is 3.49. The zero-order valence-electron chi connectivity index (χ0n) is 12.1. The molecule has 0 saturated heterocycles. The number of hydrogen-bond donors (Lipinski definition) is 1. The second-order valence-corrected chi connectivity index (χ2v) is 5.46. The van der Waals surface area contributed by atoms with Crippen molar-refractivity contribution in [1.82, 2.24) is 0 Å². The van der Waals surface area contributed by atoms with Gasteiger partial charge in [-0.2, -0.15) is 0 Å². The molecular weight excluding hydrogens is 335 g/mol. The van der Waals surface area contributed by atoms with Gasteiger partial charge in [0.05, 0.1) is 10.6 Å². The van der Waals surface area contributed by atoms with Crippen molar-refractivity contribution in [2.45, 2.75) is 0 Å². The summed E-state index contributed by atoms with van der Waals surface area (Å²) in [7, 11) is 0. The third kappa shape index (κ3) is 4.38. The lowest BCUT2D eigenvalue weighted by Crippen LogP contribution is -1.97. The van der Waals surface area contributed by atoms with Gasteiger partial charge in [0.1, 0.15) is 18.1 Å². The van der Waals surface area contributed by atoms with Gasteiger partial charge in [-0.15, -0.1) is 0 Å². The predicted octanol–water partition coefficient (Wildman–Crippen LogP) is 5.16. The first-order valence-corrected chi connectivity index (χ1v) is 7.51. The van der Waals surface area contributed by atoms with Crippen LogP contribution < -0.4 is 4.74 Å². The van der Waals surface area contributed by atoms with E-state index >= 15 is 0 Å². The normalized spacial score (nSPS) is 10.7. The van der Waals surface area contributed by atoms with Gasteiger partial charge in [0.15, 0.2) is 5.78 Å². The Bertz CT molecular complexity index is 767. The Kier molecular flexibility index (Phi) is 5.85. The lowest BCUT2D eigenvalue weighted by Gasteiger charge is -2.07. The van der Waals surface area contributed by atoms with Crippen LogP contribution in [0.1, 0.15) is 15.9 Å². The number of aromatic hydroxyl groups is 1. The minimum atomic E-state index is -0.412. The van der Waals surface area contributed by atoms with Crippen LogP contribution in [0.25, 0.3) is 6.08 Å². The van der Waals surface area contributed by atoms with Crippen molar-refractivity contribution in [3.63, 3.8) is 0 Å². The van der Waals surface area contributed by atoms with Crippen LogP contribution >= 0.6 is 23.2 Å². The lowest BCUT2D eigenvalue weighted by atomic mass is 10.1. The Labute approximate surface area is 144 Å². The fourth-order valence-corrected chi connectivity index (χ4v) is 2.40. The fraction of sp³-hybridized carbons (Fsp3) is 0.0556. The molecule has 2 aromatic rings. The van der Waals surface area contributed by atoms with Gasteiger partial charge in [0.2, 0.25) is 0 Å². The van der Waals surface area contributed by atoms with Crippen molar-refractivity contribution in [3.05, 3.63) is 76.3 Å². The number of benzene rings is 2. The van der Waals surface area contributed by atoms with E-state index in [1.54, 1.807) is 18.2 Å². The second-order valence-electron chi connectivity index (χ2n) is 4.62. The Morgan fingerprint density at radius 2 is 2.00 bits per heavy atom. The Morgan fingerprint density at radius 3 is 2.74 bits per heavy atom. The van der Waals surface area contributed by atoms with Crippen LogP contribution in [0.15, 0.2) is 55.1 Å². The molecule has 5 heteroatoms. The minimum absolute atomic E-state index is 0.0315. The van der Waals surface area contributed by atoms with E-state index in [4.69, 9.17) is 27.9 Å². The maximum absolute atomic E-state index is 12.2. The Morgan fingerprint density at radius 1 is 1.26 bits per heavy atom. The molecule has 0 saturated carbocycles. The van der Waals surface area contributed by atoms with Crippen LogP contribution in [-0.2, 0) is 0 Å². The highest BCUT2D eigenvalue weighted by molar-refractivity contribution is 6.36. The van der Waals surface area contributed by atoms with Crippen LogP contribution in [0.3, 0.4) is 0 Å². The lowest BCUT2D eigenvalue weighted by molar-refractivity contribution is 0.104. The molecule has 0 aliphatic rings. The van der Waals surface area contributed by atoms with E-state index in [1.807, 2.05) is 18.2 Å².